The van der Waals surface area contributed by atoms with Gasteiger partial charge < -0.3 is 0 Å². The summed E-state index contributed by atoms with van der Waals surface area (Å²) >= 11 is 1.89. The molecule has 0 spiro atoms. The Morgan fingerprint density at radius 3 is 2.90 bits per heavy atom. The molecule has 0 N–H and O–H groups in total. The van der Waals surface area contributed by atoms with Crippen LogP contribution in [0.3, 0.4) is 0 Å². The number of ketones is 1. The summed E-state index contributed by atoms with van der Waals surface area (Å²) in [6.45, 7) is 8.85. The van der Waals surface area contributed by atoms with Crippen molar-refractivity contribution in [2.75, 3.05) is 13.1 Å². The average molecular weight is 291 g/mol. The summed E-state index contributed by atoms with van der Waals surface area (Å²) in [4.78, 5) is 16.4. The van der Waals surface area contributed by atoms with E-state index in [1.165, 1.54) is 12.0 Å². The summed E-state index contributed by atoms with van der Waals surface area (Å²) in [5, 5.41) is 2.21. The van der Waals surface area contributed by atoms with Crippen LogP contribution in [0.15, 0.2) is 11.4 Å². The van der Waals surface area contributed by atoms with Crippen LogP contribution in [0.25, 0.3) is 0 Å². The topological polar surface area (TPSA) is 20.3 Å². The van der Waals surface area contributed by atoms with Crippen molar-refractivity contribution < 1.29 is 4.79 Å². The molecule has 1 fully saturated rings. The van der Waals surface area contributed by atoms with Crippen molar-refractivity contribution in [3.8, 4) is 0 Å². The lowest BCUT2D eigenvalue weighted by atomic mass is 9.74. The molecule has 0 aromatic carbocycles. The summed E-state index contributed by atoms with van der Waals surface area (Å²) in [7, 11) is 0. The van der Waals surface area contributed by atoms with Gasteiger partial charge >= 0.3 is 0 Å². The number of fused-ring (bicyclic) bond motifs is 1. The maximum atomic E-state index is 12.4. The Morgan fingerprint density at radius 1 is 1.35 bits per heavy atom. The number of thiophene rings is 1. The quantitative estimate of drug-likeness (QED) is 0.823. The highest BCUT2D eigenvalue weighted by Gasteiger charge is 2.35. The normalized spacial score (nSPS) is 35.0. The molecular weight excluding hydrogens is 266 g/mol. The first-order valence-corrected chi connectivity index (χ1v) is 8.77. The van der Waals surface area contributed by atoms with Crippen molar-refractivity contribution >= 4 is 17.1 Å². The van der Waals surface area contributed by atoms with Crippen molar-refractivity contribution in [2.24, 2.45) is 17.8 Å². The van der Waals surface area contributed by atoms with E-state index < -0.39 is 0 Å². The molecule has 0 amide bonds. The SMILES string of the molecule is CC1CC(=O)C(CN2CCc3sccc3C2C)C(C)C1. The fraction of sp³-hybridized carbons (Fsp3) is 0.706. The number of nitrogens with zero attached hydrogens (tertiary/aromatic N) is 1. The number of Topliss-reactive ketones (excluding diaryl/α,β-unsaturated/α-hetero) is 1. The van der Waals surface area contributed by atoms with Crippen LogP contribution in [0.2, 0.25) is 0 Å². The van der Waals surface area contributed by atoms with E-state index in [9.17, 15) is 4.79 Å². The molecule has 2 nitrogen and oxygen atoms in total. The van der Waals surface area contributed by atoms with Gasteiger partial charge in [0.1, 0.15) is 5.78 Å². The van der Waals surface area contributed by atoms with Gasteiger partial charge in [0.05, 0.1) is 0 Å². The Balaban J connectivity index is 1.71. The van der Waals surface area contributed by atoms with E-state index in [-0.39, 0.29) is 5.92 Å². The summed E-state index contributed by atoms with van der Waals surface area (Å²) in [5.41, 5.74) is 1.49. The zero-order chi connectivity index (χ0) is 14.3. The molecule has 1 aromatic rings. The van der Waals surface area contributed by atoms with Crippen molar-refractivity contribution in [3.05, 3.63) is 21.9 Å². The van der Waals surface area contributed by atoms with Crippen LogP contribution >= 0.6 is 11.3 Å². The van der Waals surface area contributed by atoms with Gasteiger partial charge in [0.25, 0.3) is 0 Å². The van der Waals surface area contributed by atoms with Crippen LogP contribution in [-0.2, 0) is 11.2 Å². The second-order valence-electron chi connectivity index (χ2n) is 6.82. The lowest BCUT2D eigenvalue weighted by Crippen LogP contribution is -2.43. The van der Waals surface area contributed by atoms with Crippen LogP contribution in [0.1, 0.15) is 50.1 Å². The Labute approximate surface area is 126 Å². The molecule has 2 aliphatic rings. The molecule has 0 saturated heterocycles. The van der Waals surface area contributed by atoms with Gasteiger partial charge in [0.15, 0.2) is 0 Å². The van der Waals surface area contributed by atoms with Gasteiger partial charge in [-0.15, -0.1) is 11.3 Å². The van der Waals surface area contributed by atoms with Crippen molar-refractivity contribution in [1.29, 1.82) is 0 Å². The van der Waals surface area contributed by atoms with Gasteiger partial charge in [-0.25, -0.2) is 0 Å². The van der Waals surface area contributed by atoms with Crippen LogP contribution in [0, 0.1) is 17.8 Å². The van der Waals surface area contributed by atoms with E-state index in [0.717, 1.165) is 25.9 Å². The number of rotatable bonds is 2. The number of hydrogen-bond acceptors (Lipinski definition) is 3. The number of carbonyl (C=O) groups is 1. The first-order chi connectivity index (χ1) is 9.56. The molecule has 4 unspecified atom stereocenters. The first kappa shape index (κ1) is 14.3. The third kappa shape index (κ3) is 2.58. The third-order valence-electron chi connectivity index (χ3n) is 5.26. The maximum absolute atomic E-state index is 12.4. The van der Waals surface area contributed by atoms with Crippen molar-refractivity contribution in [2.45, 2.75) is 46.1 Å². The molecule has 20 heavy (non-hydrogen) atoms. The van der Waals surface area contributed by atoms with Gasteiger partial charge in [-0.1, -0.05) is 13.8 Å². The minimum atomic E-state index is 0.258. The highest BCUT2D eigenvalue weighted by atomic mass is 32.1. The third-order valence-corrected chi connectivity index (χ3v) is 6.26. The van der Waals surface area contributed by atoms with Gasteiger partial charge in [-0.3, -0.25) is 9.69 Å². The van der Waals surface area contributed by atoms with Crippen LogP contribution < -0.4 is 0 Å². The van der Waals surface area contributed by atoms with Crippen LogP contribution in [-0.4, -0.2) is 23.8 Å². The molecule has 110 valence electrons. The highest BCUT2D eigenvalue weighted by molar-refractivity contribution is 7.10. The monoisotopic (exact) mass is 291 g/mol. The van der Waals surface area contributed by atoms with Gasteiger partial charge in [-0.2, -0.15) is 0 Å². The summed E-state index contributed by atoms with van der Waals surface area (Å²) in [6.07, 6.45) is 3.16. The lowest BCUT2D eigenvalue weighted by Gasteiger charge is -2.39. The Morgan fingerprint density at radius 2 is 2.15 bits per heavy atom. The van der Waals surface area contributed by atoms with Gasteiger partial charge in [0.2, 0.25) is 0 Å². The number of hydrogen-bond donors (Lipinski definition) is 0. The molecule has 1 aliphatic carbocycles. The second-order valence-corrected chi connectivity index (χ2v) is 7.82. The van der Waals surface area contributed by atoms with Crippen LogP contribution in [0.5, 0.6) is 0 Å². The fourth-order valence-electron chi connectivity index (χ4n) is 4.04. The van der Waals surface area contributed by atoms with Crippen molar-refractivity contribution in [3.63, 3.8) is 0 Å². The molecular formula is C17H25NOS. The minimum Gasteiger partial charge on any atom is -0.299 e. The van der Waals surface area contributed by atoms with Gasteiger partial charge in [-0.05, 0) is 48.6 Å². The first-order valence-electron chi connectivity index (χ1n) is 7.89. The van der Waals surface area contributed by atoms with Crippen molar-refractivity contribution in [1.82, 2.24) is 4.90 Å². The zero-order valence-corrected chi connectivity index (χ0v) is 13.6. The molecule has 3 heteroatoms. The molecule has 1 saturated carbocycles. The van der Waals surface area contributed by atoms with E-state index in [1.54, 1.807) is 4.88 Å². The second kappa shape index (κ2) is 5.61. The summed E-state index contributed by atoms with van der Waals surface area (Å²) < 4.78 is 0. The average Bonchev–Trinajstić information content (AvgIpc) is 2.85. The maximum Gasteiger partial charge on any atom is 0.137 e. The molecule has 1 aliphatic heterocycles. The predicted molar refractivity (Wildman–Crippen MR) is 84.1 cm³/mol. The summed E-state index contributed by atoms with van der Waals surface area (Å²) in [5.74, 6) is 1.88. The lowest BCUT2D eigenvalue weighted by molar-refractivity contribution is -0.129. The smallest absolute Gasteiger partial charge is 0.137 e. The van der Waals surface area contributed by atoms with E-state index in [1.807, 2.05) is 11.3 Å². The molecule has 0 bridgehead atoms. The van der Waals surface area contributed by atoms with Gasteiger partial charge in [0, 0.05) is 36.3 Å². The molecule has 1 aromatic heterocycles. The molecule has 2 heterocycles. The Hall–Kier alpha value is -0.670. The Kier molecular flexibility index (Phi) is 4.00. The van der Waals surface area contributed by atoms with E-state index in [0.29, 0.717) is 23.7 Å². The fourth-order valence-corrected chi connectivity index (χ4v) is 5.00. The highest BCUT2D eigenvalue weighted by Crippen LogP contribution is 2.36. The van der Waals surface area contributed by atoms with Crippen LogP contribution in [0.4, 0.5) is 0 Å². The van der Waals surface area contributed by atoms with E-state index >= 15 is 0 Å². The standard InChI is InChI=1S/C17H25NOS/c1-11-8-12(2)15(16(19)9-11)10-18-6-4-17-14(13(18)3)5-7-20-17/h5,7,11-13,15H,4,6,8-10H2,1-3H3. The van der Waals surface area contributed by atoms with E-state index in [2.05, 4.69) is 37.1 Å². The predicted octanol–water partition coefficient (Wildman–Crippen LogP) is 3.92. The molecule has 0 radical (unpaired) electrons. The zero-order valence-electron chi connectivity index (χ0n) is 12.8. The summed E-state index contributed by atoms with van der Waals surface area (Å²) in [6, 6.07) is 2.75. The number of carbonyl (C=O) groups excluding carboxylic acids is 1. The molecule has 3 rings (SSSR count). The Bertz CT molecular complexity index is 495. The van der Waals surface area contributed by atoms with E-state index in [4.69, 9.17) is 0 Å². The minimum absolute atomic E-state index is 0.258. The largest absolute Gasteiger partial charge is 0.299 e. The molecule has 4 atom stereocenters.